The van der Waals surface area contributed by atoms with Crippen LogP contribution in [0.4, 0.5) is 11.4 Å². The molecule has 0 spiro atoms. The lowest BCUT2D eigenvalue weighted by Gasteiger charge is -2.36. The summed E-state index contributed by atoms with van der Waals surface area (Å²) in [5, 5.41) is 17.1. The zero-order valence-electron chi connectivity index (χ0n) is 14.7. The van der Waals surface area contributed by atoms with Crippen molar-refractivity contribution in [3.63, 3.8) is 0 Å². The van der Waals surface area contributed by atoms with Crippen LogP contribution in [0.25, 0.3) is 0 Å². The molecule has 0 saturated carbocycles. The van der Waals surface area contributed by atoms with E-state index >= 15 is 0 Å². The zero-order chi connectivity index (χ0) is 19.2. The number of nitrogens with zero attached hydrogens (tertiary/aromatic N) is 3. The molecule has 27 heavy (non-hydrogen) atoms. The second-order valence-electron chi connectivity index (χ2n) is 6.16. The Bertz CT molecular complexity index is 799. The van der Waals surface area contributed by atoms with Gasteiger partial charge in [0.2, 0.25) is 5.91 Å². The number of piperazine rings is 1. The summed E-state index contributed by atoms with van der Waals surface area (Å²) in [5.41, 5.74) is 1.59. The second kappa shape index (κ2) is 8.63. The molecule has 0 atom stereocenters. The molecule has 0 unspecified atom stereocenters. The van der Waals surface area contributed by atoms with Crippen LogP contribution in [0.1, 0.15) is 16.8 Å². The monoisotopic (exact) mass is 388 g/mol. The second-order valence-corrected chi connectivity index (χ2v) is 6.94. The Balaban J connectivity index is 1.42. The van der Waals surface area contributed by atoms with Crippen LogP contribution in [0.2, 0.25) is 0 Å². The summed E-state index contributed by atoms with van der Waals surface area (Å²) in [7, 11) is 0. The van der Waals surface area contributed by atoms with E-state index in [9.17, 15) is 19.7 Å². The van der Waals surface area contributed by atoms with Crippen LogP contribution in [0.15, 0.2) is 41.1 Å². The van der Waals surface area contributed by atoms with Gasteiger partial charge in [-0.05, 0) is 23.6 Å². The molecule has 9 heteroatoms. The molecule has 3 rings (SSSR count). The predicted octanol–water partition coefficient (Wildman–Crippen LogP) is 2.12. The van der Waals surface area contributed by atoms with Crippen LogP contribution in [-0.4, -0.2) is 54.4 Å². The fourth-order valence-electron chi connectivity index (χ4n) is 2.94. The number of nitrogens with one attached hydrogen (secondary N) is 1. The summed E-state index contributed by atoms with van der Waals surface area (Å²) in [6.07, 6.45) is 0.271. The third-order valence-corrected chi connectivity index (χ3v) is 5.15. The van der Waals surface area contributed by atoms with E-state index in [0.717, 1.165) is 5.69 Å². The van der Waals surface area contributed by atoms with Gasteiger partial charge in [0.1, 0.15) is 0 Å². The number of nitro groups is 1. The molecule has 0 bridgehead atoms. The molecule has 1 aromatic heterocycles. The molecule has 0 aliphatic carbocycles. The topological polar surface area (TPSA) is 95.8 Å². The number of amides is 2. The summed E-state index contributed by atoms with van der Waals surface area (Å²) in [5.74, 6) is -0.143. The van der Waals surface area contributed by atoms with Crippen molar-refractivity contribution in [2.24, 2.45) is 0 Å². The van der Waals surface area contributed by atoms with Gasteiger partial charge in [-0.3, -0.25) is 19.7 Å². The molecule has 1 aromatic carbocycles. The SMILES string of the molecule is O=C(NCCC(=O)N1CCN(c2ccc([N+](=O)[O-])cc2)CC1)c1ccsc1. The predicted molar refractivity (Wildman–Crippen MR) is 103 cm³/mol. The van der Waals surface area contributed by atoms with Gasteiger partial charge in [-0.2, -0.15) is 11.3 Å². The number of rotatable bonds is 6. The maximum Gasteiger partial charge on any atom is 0.269 e. The first-order valence-corrected chi connectivity index (χ1v) is 9.56. The molecule has 8 nitrogen and oxygen atoms in total. The highest BCUT2D eigenvalue weighted by molar-refractivity contribution is 7.08. The van der Waals surface area contributed by atoms with Gasteiger partial charge >= 0.3 is 0 Å². The molecule has 142 valence electrons. The Labute approximate surface area is 160 Å². The molecule has 1 saturated heterocycles. The van der Waals surface area contributed by atoms with E-state index in [1.807, 2.05) is 5.38 Å². The first-order chi connectivity index (χ1) is 13.0. The number of carbonyl (C=O) groups is 2. The van der Waals surface area contributed by atoms with Crippen molar-refractivity contribution in [1.29, 1.82) is 0 Å². The third-order valence-electron chi connectivity index (χ3n) is 4.47. The molecule has 2 amide bonds. The van der Waals surface area contributed by atoms with Crippen LogP contribution in [0.5, 0.6) is 0 Å². The van der Waals surface area contributed by atoms with Gasteiger partial charge < -0.3 is 15.1 Å². The van der Waals surface area contributed by atoms with Gasteiger partial charge in [0, 0.05) is 67.9 Å². The largest absolute Gasteiger partial charge is 0.368 e. The van der Waals surface area contributed by atoms with Crippen molar-refractivity contribution in [2.75, 3.05) is 37.6 Å². The molecule has 1 aliphatic heterocycles. The van der Waals surface area contributed by atoms with Crippen LogP contribution in [-0.2, 0) is 4.79 Å². The Morgan fingerprint density at radius 1 is 1.11 bits per heavy atom. The minimum atomic E-state index is -0.419. The fourth-order valence-corrected chi connectivity index (χ4v) is 3.57. The highest BCUT2D eigenvalue weighted by Crippen LogP contribution is 2.20. The Kier molecular flexibility index (Phi) is 6.02. The lowest BCUT2D eigenvalue weighted by atomic mass is 10.2. The molecule has 2 aromatic rings. The smallest absolute Gasteiger partial charge is 0.269 e. The first-order valence-electron chi connectivity index (χ1n) is 8.62. The van der Waals surface area contributed by atoms with E-state index < -0.39 is 4.92 Å². The quantitative estimate of drug-likeness (QED) is 0.604. The van der Waals surface area contributed by atoms with E-state index in [1.54, 1.807) is 28.5 Å². The summed E-state index contributed by atoms with van der Waals surface area (Å²) < 4.78 is 0. The molecule has 1 N–H and O–H groups in total. The normalized spacial score (nSPS) is 14.1. The van der Waals surface area contributed by atoms with Gasteiger partial charge in [-0.25, -0.2) is 0 Å². The van der Waals surface area contributed by atoms with Gasteiger partial charge in [0.05, 0.1) is 4.92 Å². The van der Waals surface area contributed by atoms with E-state index in [0.29, 0.717) is 38.3 Å². The Hall–Kier alpha value is -2.94. The van der Waals surface area contributed by atoms with Crippen molar-refractivity contribution in [2.45, 2.75) is 6.42 Å². The number of nitro benzene ring substituents is 1. The average molecular weight is 388 g/mol. The highest BCUT2D eigenvalue weighted by atomic mass is 32.1. The maximum absolute atomic E-state index is 12.3. The number of carbonyl (C=O) groups excluding carboxylic acids is 2. The van der Waals surface area contributed by atoms with Crippen LogP contribution in [0.3, 0.4) is 0 Å². The summed E-state index contributed by atoms with van der Waals surface area (Å²) >= 11 is 1.46. The van der Waals surface area contributed by atoms with Crippen LogP contribution in [0, 0.1) is 10.1 Å². The van der Waals surface area contributed by atoms with E-state index in [1.165, 1.54) is 23.5 Å². The van der Waals surface area contributed by atoms with Gasteiger partial charge in [0.25, 0.3) is 11.6 Å². The standard InChI is InChI=1S/C18H20N4O4S/c23-17(5-7-19-18(24)14-6-12-27-13-14)21-10-8-20(9-11-21)15-1-3-16(4-2-15)22(25)26/h1-4,6,12-13H,5,7-11H2,(H,19,24). The van der Waals surface area contributed by atoms with Crippen molar-refractivity contribution >= 4 is 34.5 Å². The summed E-state index contributed by atoms with van der Waals surface area (Å²) in [6, 6.07) is 8.19. The number of hydrogen-bond donors (Lipinski definition) is 1. The number of non-ortho nitro benzene ring substituents is 1. The maximum atomic E-state index is 12.3. The molecule has 0 radical (unpaired) electrons. The van der Waals surface area contributed by atoms with Gasteiger partial charge in [-0.1, -0.05) is 0 Å². The van der Waals surface area contributed by atoms with E-state index in [-0.39, 0.29) is 23.9 Å². The van der Waals surface area contributed by atoms with Crippen molar-refractivity contribution in [3.05, 3.63) is 56.8 Å². The van der Waals surface area contributed by atoms with E-state index in [2.05, 4.69) is 10.2 Å². The molecule has 1 aliphatic rings. The first kappa shape index (κ1) is 18.8. The minimum absolute atomic E-state index is 0.0176. The van der Waals surface area contributed by atoms with Crippen LogP contribution >= 0.6 is 11.3 Å². The Morgan fingerprint density at radius 3 is 2.41 bits per heavy atom. The lowest BCUT2D eigenvalue weighted by Crippen LogP contribution is -2.49. The number of hydrogen-bond acceptors (Lipinski definition) is 6. The van der Waals surface area contributed by atoms with Crippen LogP contribution < -0.4 is 10.2 Å². The number of benzene rings is 1. The fraction of sp³-hybridized carbons (Fsp3) is 0.333. The lowest BCUT2D eigenvalue weighted by molar-refractivity contribution is -0.384. The third kappa shape index (κ3) is 4.82. The minimum Gasteiger partial charge on any atom is -0.368 e. The molecule has 1 fully saturated rings. The zero-order valence-corrected chi connectivity index (χ0v) is 15.5. The molecule has 2 heterocycles. The number of anilines is 1. The Morgan fingerprint density at radius 2 is 1.81 bits per heavy atom. The average Bonchev–Trinajstić information content (AvgIpc) is 3.23. The van der Waals surface area contributed by atoms with Crippen molar-refractivity contribution < 1.29 is 14.5 Å². The van der Waals surface area contributed by atoms with Gasteiger partial charge in [0.15, 0.2) is 0 Å². The van der Waals surface area contributed by atoms with E-state index in [4.69, 9.17) is 0 Å². The summed E-state index contributed by atoms with van der Waals surface area (Å²) in [4.78, 5) is 38.4. The number of thiophene rings is 1. The molecular formula is C18H20N4O4S. The van der Waals surface area contributed by atoms with Gasteiger partial charge in [-0.15, -0.1) is 0 Å². The summed E-state index contributed by atoms with van der Waals surface area (Å²) in [6.45, 7) is 2.84. The van der Waals surface area contributed by atoms with Crippen molar-refractivity contribution in [3.8, 4) is 0 Å². The van der Waals surface area contributed by atoms with Crippen molar-refractivity contribution in [1.82, 2.24) is 10.2 Å². The highest BCUT2D eigenvalue weighted by Gasteiger charge is 2.21. The molecular weight excluding hydrogens is 368 g/mol.